The van der Waals surface area contributed by atoms with E-state index in [1.165, 1.54) is 54.1 Å². The van der Waals surface area contributed by atoms with E-state index in [0.717, 1.165) is 5.56 Å². The van der Waals surface area contributed by atoms with E-state index in [4.69, 9.17) is 23.2 Å². The molecule has 0 fully saturated rings. The number of hydrogen-bond donors (Lipinski definition) is 2. The van der Waals surface area contributed by atoms with Gasteiger partial charge in [0.05, 0.1) is 10.6 Å². The van der Waals surface area contributed by atoms with Crippen LogP contribution in [0.15, 0.2) is 77.7 Å². The van der Waals surface area contributed by atoms with E-state index >= 15 is 0 Å². The van der Waals surface area contributed by atoms with Crippen LogP contribution in [0.25, 0.3) is 6.08 Å². The molecule has 0 aromatic heterocycles. The van der Waals surface area contributed by atoms with Crippen molar-refractivity contribution >= 4 is 56.6 Å². The number of carbonyl (C=O) groups excluding carboxylic acids is 1. The molecule has 2 N–H and O–H groups in total. The molecule has 0 unspecified atom stereocenters. The van der Waals surface area contributed by atoms with Gasteiger partial charge in [-0.2, -0.15) is 0 Å². The lowest BCUT2D eigenvalue weighted by molar-refractivity contribution is -0.111. The highest BCUT2D eigenvalue weighted by Gasteiger charge is 2.15. The van der Waals surface area contributed by atoms with Gasteiger partial charge in [-0.05, 0) is 65.1 Å². The summed E-state index contributed by atoms with van der Waals surface area (Å²) >= 11 is 11.8. The van der Waals surface area contributed by atoms with Crippen LogP contribution in [0, 0.1) is 0 Å². The maximum Gasteiger partial charge on any atom is 0.261 e. The van der Waals surface area contributed by atoms with Gasteiger partial charge in [0.25, 0.3) is 10.0 Å². The normalized spacial score (nSPS) is 12.0. The predicted octanol–water partition coefficient (Wildman–Crippen LogP) is 6.74. The van der Waals surface area contributed by atoms with Gasteiger partial charge in [-0.1, -0.05) is 68.2 Å². The summed E-state index contributed by atoms with van der Waals surface area (Å²) in [5, 5.41) is 3.35. The maximum atomic E-state index is 12.6. The van der Waals surface area contributed by atoms with Crippen LogP contribution in [0.3, 0.4) is 0 Å². The average Bonchev–Trinajstić information content (AvgIpc) is 2.71. The van der Waals surface area contributed by atoms with Crippen LogP contribution in [0.1, 0.15) is 31.9 Å². The SMILES string of the molecule is CC(C)(C)c1ccc(/C=C/C(=O)Nc2ccc(S(=O)(=O)Nc3cc(Cl)cc(Cl)c3)cc2)cc1. The van der Waals surface area contributed by atoms with E-state index in [1.807, 2.05) is 24.3 Å². The van der Waals surface area contributed by atoms with Crippen LogP contribution < -0.4 is 10.0 Å². The number of benzene rings is 3. The third kappa shape index (κ3) is 7.09. The number of amides is 1. The van der Waals surface area contributed by atoms with Crippen molar-refractivity contribution in [3.8, 4) is 0 Å². The maximum absolute atomic E-state index is 12.6. The second-order valence-corrected chi connectivity index (χ2v) is 11.0. The summed E-state index contributed by atoms with van der Waals surface area (Å²) in [7, 11) is -3.85. The highest BCUT2D eigenvalue weighted by Crippen LogP contribution is 2.25. The molecule has 0 bridgehead atoms. The second-order valence-electron chi connectivity index (χ2n) is 8.48. The molecule has 0 aliphatic carbocycles. The van der Waals surface area contributed by atoms with E-state index in [0.29, 0.717) is 15.7 Å². The third-order valence-corrected chi connectivity index (χ3v) is 6.58. The van der Waals surface area contributed by atoms with E-state index in [1.54, 1.807) is 6.08 Å². The second kappa shape index (κ2) is 10.00. The first-order valence-electron chi connectivity index (χ1n) is 10.1. The summed E-state index contributed by atoms with van der Waals surface area (Å²) in [6.07, 6.45) is 3.15. The first-order valence-corrected chi connectivity index (χ1v) is 12.3. The van der Waals surface area contributed by atoms with Crippen molar-refractivity contribution < 1.29 is 13.2 Å². The minimum atomic E-state index is -3.85. The summed E-state index contributed by atoms with van der Waals surface area (Å²) in [4.78, 5) is 12.3. The van der Waals surface area contributed by atoms with Crippen molar-refractivity contribution in [1.29, 1.82) is 0 Å². The number of sulfonamides is 1. The Morgan fingerprint density at radius 2 is 1.42 bits per heavy atom. The molecule has 8 heteroatoms. The first-order chi connectivity index (χ1) is 15.4. The Labute approximate surface area is 204 Å². The van der Waals surface area contributed by atoms with Crippen LogP contribution in [0.5, 0.6) is 0 Å². The Morgan fingerprint density at radius 1 is 0.848 bits per heavy atom. The number of nitrogens with one attached hydrogen (secondary N) is 2. The summed E-state index contributed by atoms with van der Waals surface area (Å²) in [5.74, 6) is -0.322. The van der Waals surface area contributed by atoms with Crippen LogP contribution in [0.4, 0.5) is 11.4 Å². The molecule has 172 valence electrons. The smallest absolute Gasteiger partial charge is 0.261 e. The van der Waals surface area contributed by atoms with Gasteiger partial charge in [0, 0.05) is 21.8 Å². The minimum absolute atomic E-state index is 0.0334. The Hall–Kier alpha value is -2.80. The lowest BCUT2D eigenvalue weighted by Gasteiger charge is -2.18. The highest BCUT2D eigenvalue weighted by atomic mass is 35.5. The van der Waals surface area contributed by atoms with Gasteiger partial charge < -0.3 is 5.32 Å². The standard InChI is InChI=1S/C25H24Cl2N2O3S/c1-25(2,3)18-7-4-17(5-8-18)6-13-24(30)28-21-9-11-23(12-10-21)33(31,32)29-22-15-19(26)14-20(27)16-22/h4-16,29H,1-3H3,(H,28,30)/b13-6+. The van der Waals surface area contributed by atoms with E-state index in [9.17, 15) is 13.2 Å². The van der Waals surface area contributed by atoms with Crippen LogP contribution >= 0.6 is 23.2 Å². The molecule has 3 rings (SSSR count). The Balaban J connectivity index is 1.63. The van der Waals surface area contributed by atoms with E-state index in [-0.39, 0.29) is 21.9 Å². The fraction of sp³-hybridized carbons (Fsp3) is 0.160. The van der Waals surface area contributed by atoms with Gasteiger partial charge in [0.2, 0.25) is 5.91 Å². The molecule has 0 saturated heterocycles. The molecule has 3 aromatic rings. The predicted molar refractivity (Wildman–Crippen MR) is 137 cm³/mol. The summed E-state index contributed by atoms with van der Waals surface area (Å²) < 4.78 is 27.6. The number of anilines is 2. The summed E-state index contributed by atoms with van der Waals surface area (Å²) in [6.45, 7) is 6.43. The molecule has 0 atom stereocenters. The quantitative estimate of drug-likeness (QED) is 0.366. The van der Waals surface area contributed by atoms with Gasteiger partial charge in [0.1, 0.15) is 0 Å². The van der Waals surface area contributed by atoms with Gasteiger partial charge >= 0.3 is 0 Å². The molecule has 1 amide bonds. The molecule has 0 heterocycles. The monoisotopic (exact) mass is 502 g/mol. The molecular weight excluding hydrogens is 479 g/mol. The Kier molecular flexibility index (Phi) is 7.52. The number of carbonyl (C=O) groups is 1. The zero-order chi connectivity index (χ0) is 24.2. The van der Waals surface area contributed by atoms with Crippen LogP contribution in [-0.2, 0) is 20.2 Å². The van der Waals surface area contributed by atoms with Gasteiger partial charge in [-0.15, -0.1) is 0 Å². The van der Waals surface area contributed by atoms with Gasteiger partial charge in [-0.3, -0.25) is 9.52 Å². The Bertz CT molecular complexity index is 1260. The van der Waals surface area contributed by atoms with Crippen LogP contribution in [-0.4, -0.2) is 14.3 Å². The first kappa shape index (κ1) is 24.8. The lowest BCUT2D eigenvalue weighted by atomic mass is 9.87. The molecule has 0 spiro atoms. The van der Waals surface area contributed by atoms with E-state index < -0.39 is 10.0 Å². The zero-order valence-corrected chi connectivity index (χ0v) is 20.7. The molecule has 3 aromatic carbocycles. The zero-order valence-electron chi connectivity index (χ0n) is 18.4. The molecule has 0 saturated carbocycles. The summed E-state index contributed by atoms with van der Waals surface area (Å²) in [5.41, 5.74) is 2.91. The largest absolute Gasteiger partial charge is 0.323 e. The lowest BCUT2D eigenvalue weighted by Crippen LogP contribution is -2.13. The molecule has 33 heavy (non-hydrogen) atoms. The molecule has 0 aliphatic rings. The van der Waals surface area contributed by atoms with Crippen molar-refractivity contribution in [1.82, 2.24) is 0 Å². The molecule has 0 radical (unpaired) electrons. The fourth-order valence-corrected chi connectivity index (χ4v) is 4.56. The number of rotatable bonds is 6. The van der Waals surface area contributed by atoms with Crippen molar-refractivity contribution in [2.24, 2.45) is 0 Å². The molecule has 0 aliphatic heterocycles. The topological polar surface area (TPSA) is 75.3 Å². The molecular formula is C25H24Cl2N2O3S. The third-order valence-electron chi connectivity index (χ3n) is 4.75. The Morgan fingerprint density at radius 3 is 1.97 bits per heavy atom. The van der Waals surface area contributed by atoms with Crippen molar-refractivity contribution in [3.05, 3.63) is 94.0 Å². The summed E-state index contributed by atoms with van der Waals surface area (Å²) in [6, 6.07) is 18.3. The highest BCUT2D eigenvalue weighted by molar-refractivity contribution is 7.92. The van der Waals surface area contributed by atoms with Crippen LogP contribution in [0.2, 0.25) is 10.0 Å². The average molecular weight is 503 g/mol. The van der Waals surface area contributed by atoms with Crippen molar-refractivity contribution in [2.45, 2.75) is 31.1 Å². The number of hydrogen-bond acceptors (Lipinski definition) is 3. The van der Waals surface area contributed by atoms with Crippen molar-refractivity contribution in [3.63, 3.8) is 0 Å². The molecule has 5 nitrogen and oxygen atoms in total. The van der Waals surface area contributed by atoms with Gasteiger partial charge in [-0.25, -0.2) is 8.42 Å². The fourth-order valence-electron chi connectivity index (χ4n) is 2.99. The van der Waals surface area contributed by atoms with Gasteiger partial charge in [0.15, 0.2) is 0 Å². The van der Waals surface area contributed by atoms with Crippen molar-refractivity contribution in [2.75, 3.05) is 10.0 Å². The minimum Gasteiger partial charge on any atom is -0.323 e. The van der Waals surface area contributed by atoms with E-state index in [2.05, 4.69) is 30.8 Å². The number of halogens is 2.